The number of amides is 2. The first kappa shape index (κ1) is 21.5. The van der Waals surface area contributed by atoms with Gasteiger partial charge in [-0.25, -0.2) is 4.79 Å². The van der Waals surface area contributed by atoms with E-state index in [4.69, 9.17) is 4.74 Å². The second-order valence-corrected chi connectivity index (χ2v) is 9.55. The fourth-order valence-corrected chi connectivity index (χ4v) is 5.42. The van der Waals surface area contributed by atoms with Crippen LogP contribution in [-0.4, -0.2) is 53.7 Å². The van der Waals surface area contributed by atoms with Gasteiger partial charge in [0.25, 0.3) is 0 Å². The Kier molecular flexibility index (Phi) is 5.35. The topological polar surface area (TPSA) is 95.9 Å². The van der Waals surface area contributed by atoms with Crippen molar-refractivity contribution in [3.05, 3.63) is 59.7 Å². The molecular formula is C26H28N2O5. The Balaban J connectivity index is 1.10. The molecule has 2 aliphatic carbocycles. The zero-order valence-electron chi connectivity index (χ0n) is 18.6. The first-order valence-corrected chi connectivity index (χ1v) is 11.5. The number of carbonyl (C=O) groups is 3. The molecule has 7 nitrogen and oxygen atoms in total. The van der Waals surface area contributed by atoms with E-state index in [9.17, 15) is 19.5 Å². The highest BCUT2D eigenvalue weighted by molar-refractivity contribution is 5.84. The Morgan fingerprint density at radius 3 is 2.36 bits per heavy atom. The number of carboxylic acids is 1. The van der Waals surface area contributed by atoms with Crippen molar-refractivity contribution in [1.29, 1.82) is 0 Å². The number of nitrogens with zero attached hydrogens (tertiary/aromatic N) is 1. The molecule has 7 heteroatoms. The molecule has 1 saturated heterocycles. The van der Waals surface area contributed by atoms with E-state index in [0.717, 1.165) is 11.1 Å². The van der Waals surface area contributed by atoms with E-state index in [1.165, 1.54) is 11.1 Å². The molecule has 0 bridgehead atoms. The van der Waals surface area contributed by atoms with Gasteiger partial charge >= 0.3 is 12.1 Å². The lowest BCUT2D eigenvalue weighted by Gasteiger charge is -2.21. The summed E-state index contributed by atoms with van der Waals surface area (Å²) in [5, 5.41) is 12.2. The minimum atomic E-state index is -0.798. The van der Waals surface area contributed by atoms with Gasteiger partial charge in [0.1, 0.15) is 6.61 Å². The molecule has 172 valence electrons. The van der Waals surface area contributed by atoms with Gasteiger partial charge in [0.15, 0.2) is 0 Å². The van der Waals surface area contributed by atoms with Crippen LogP contribution in [0.3, 0.4) is 0 Å². The average molecular weight is 449 g/mol. The number of nitrogens with one attached hydrogen (secondary N) is 1. The van der Waals surface area contributed by atoms with Crippen LogP contribution >= 0.6 is 0 Å². The number of hydrogen-bond acceptors (Lipinski definition) is 4. The van der Waals surface area contributed by atoms with Gasteiger partial charge in [-0.05, 0) is 47.9 Å². The Bertz CT molecular complexity index is 1070. The number of aliphatic carboxylic acids is 1. The number of fused-ring (bicyclic) bond motifs is 4. The zero-order valence-corrected chi connectivity index (χ0v) is 18.6. The van der Waals surface area contributed by atoms with Crippen molar-refractivity contribution in [3.8, 4) is 11.1 Å². The van der Waals surface area contributed by atoms with Crippen molar-refractivity contribution < 1.29 is 24.2 Å². The van der Waals surface area contributed by atoms with E-state index in [2.05, 4.69) is 29.6 Å². The Labute approximate surface area is 192 Å². The molecule has 0 spiro atoms. The monoisotopic (exact) mass is 448 g/mol. The van der Waals surface area contributed by atoms with Crippen LogP contribution in [0.2, 0.25) is 0 Å². The third-order valence-electron chi connectivity index (χ3n) is 7.42. The molecule has 0 radical (unpaired) electrons. The van der Waals surface area contributed by atoms with Gasteiger partial charge in [-0.3, -0.25) is 9.59 Å². The van der Waals surface area contributed by atoms with Crippen molar-refractivity contribution in [2.24, 2.45) is 11.3 Å². The maximum atomic E-state index is 12.5. The highest BCUT2D eigenvalue weighted by atomic mass is 16.5. The summed E-state index contributed by atoms with van der Waals surface area (Å²) in [6.07, 6.45) is 0.924. The third-order valence-corrected chi connectivity index (χ3v) is 7.42. The minimum Gasteiger partial charge on any atom is -0.481 e. The number of alkyl carbamates (subject to hydrolysis) is 1. The molecule has 5 rings (SSSR count). The first-order valence-electron chi connectivity index (χ1n) is 11.5. The predicted octanol–water partition coefficient (Wildman–Crippen LogP) is 3.63. The maximum absolute atomic E-state index is 12.5. The second kappa shape index (κ2) is 8.21. The Hall–Kier alpha value is -3.35. The number of likely N-dealkylation sites (tertiary alicyclic amines) is 1. The van der Waals surface area contributed by atoms with Crippen molar-refractivity contribution >= 4 is 18.0 Å². The number of rotatable bonds is 7. The van der Waals surface area contributed by atoms with Crippen LogP contribution in [-0.2, 0) is 14.3 Å². The lowest BCUT2D eigenvalue weighted by molar-refractivity contribution is -0.144. The van der Waals surface area contributed by atoms with Crippen molar-refractivity contribution in [1.82, 2.24) is 10.2 Å². The molecular weight excluding hydrogens is 420 g/mol. The molecule has 33 heavy (non-hydrogen) atoms. The highest BCUT2D eigenvalue weighted by Crippen LogP contribution is 2.58. The largest absolute Gasteiger partial charge is 0.481 e. The lowest BCUT2D eigenvalue weighted by atomic mass is 9.98. The molecule has 1 heterocycles. The summed E-state index contributed by atoms with van der Waals surface area (Å²) in [5.74, 6) is -0.754. The predicted molar refractivity (Wildman–Crippen MR) is 122 cm³/mol. The second-order valence-electron chi connectivity index (χ2n) is 9.55. The van der Waals surface area contributed by atoms with E-state index in [1.54, 1.807) is 4.90 Å². The molecule has 1 saturated carbocycles. The SMILES string of the molecule is CC(CCC(=O)N1CC2CC2(C(=O)O)C1)NC(=O)OCC1c2ccccc2-c2ccccc21. The molecule has 2 N–H and O–H groups in total. The molecule has 2 aromatic carbocycles. The van der Waals surface area contributed by atoms with Crippen LogP contribution in [0.4, 0.5) is 4.79 Å². The van der Waals surface area contributed by atoms with Crippen LogP contribution in [0.5, 0.6) is 0 Å². The lowest BCUT2D eigenvalue weighted by Crippen LogP contribution is -2.37. The number of hydrogen-bond donors (Lipinski definition) is 2. The van der Waals surface area contributed by atoms with Crippen molar-refractivity contribution in [2.75, 3.05) is 19.7 Å². The van der Waals surface area contributed by atoms with E-state index >= 15 is 0 Å². The van der Waals surface area contributed by atoms with Crippen LogP contribution in [0.25, 0.3) is 11.1 Å². The van der Waals surface area contributed by atoms with Crippen LogP contribution in [0.15, 0.2) is 48.5 Å². The number of benzene rings is 2. The summed E-state index contributed by atoms with van der Waals surface area (Å²) in [5.41, 5.74) is 3.97. The molecule has 0 aromatic heterocycles. The van der Waals surface area contributed by atoms with Crippen molar-refractivity contribution in [3.63, 3.8) is 0 Å². The first-order chi connectivity index (χ1) is 15.9. The van der Waals surface area contributed by atoms with E-state index in [0.29, 0.717) is 25.9 Å². The van der Waals surface area contributed by atoms with Gasteiger partial charge in [0.2, 0.25) is 5.91 Å². The summed E-state index contributed by atoms with van der Waals surface area (Å²) in [4.78, 5) is 38.0. The number of carboxylic acid groups (broad SMARTS) is 1. The molecule has 3 aliphatic rings. The standard InChI is InChI=1S/C26H28N2O5/c1-16(10-11-23(29)28-13-17-12-26(17,15-28)24(30)31)27-25(32)33-14-22-20-8-4-2-6-18(20)19-7-3-5-9-21(19)22/h2-9,16-17,22H,10-15H2,1H3,(H,27,32)(H,30,31). The van der Waals surface area contributed by atoms with Crippen LogP contribution in [0.1, 0.15) is 43.2 Å². The fraction of sp³-hybridized carbons (Fsp3) is 0.423. The summed E-state index contributed by atoms with van der Waals surface area (Å²) >= 11 is 0. The van der Waals surface area contributed by atoms with Gasteiger partial charge in [0, 0.05) is 31.5 Å². The third kappa shape index (κ3) is 3.86. The molecule has 2 amide bonds. The quantitative estimate of drug-likeness (QED) is 0.674. The number of carbonyl (C=O) groups excluding carboxylic acids is 2. The Morgan fingerprint density at radius 1 is 1.12 bits per heavy atom. The summed E-state index contributed by atoms with van der Waals surface area (Å²) in [7, 11) is 0. The van der Waals surface area contributed by atoms with E-state index < -0.39 is 17.5 Å². The normalized spacial score (nSPS) is 23.3. The summed E-state index contributed by atoms with van der Waals surface area (Å²) in [6.45, 7) is 2.92. The van der Waals surface area contributed by atoms with Crippen LogP contribution < -0.4 is 5.32 Å². The van der Waals surface area contributed by atoms with E-state index in [1.807, 2.05) is 31.2 Å². The summed E-state index contributed by atoms with van der Waals surface area (Å²) < 4.78 is 5.57. The number of ether oxygens (including phenoxy) is 1. The van der Waals surface area contributed by atoms with Gasteiger partial charge < -0.3 is 20.1 Å². The van der Waals surface area contributed by atoms with Gasteiger partial charge in [-0.15, -0.1) is 0 Å². The summed E-state index contributed by atoms with van der Waals surface area (Å²) in [6, 6.07) is 16.1. The minimum absolute atomic E-state index is 0.00296. The molecule has 3 unspecified atom stereocenters. The van der Waals surface area contributed by atoms with Gasteiger partial charge in [-0.1, -0.05) is 48.5 Å². The average Bonchev–Trinajstić information content (AvgIpc) is 3.24. The maximum Gasteiger partial charge on any atom is 0.407 e. The van der Waals surface area contributed by atoms with E-state index in [-0.39, 0.29) is 36.8 Å². The molecule has 3 atom stereocenters. The smallest absolute Gasteiger partial charge is 0.407 e. The highest BCUT2D eigenvalue weighted by Gasteiger charge is 2.66. The molecule has 1 aliphatic heterocycles. The molecule has 2 aromatic rings. The van der Waals surface area contributed by atoms with Crippen molar-refractivity contribution in [2.45, 2.75) is 38.1 Å². The molecule has 2 fully saturated rings. The Morgan fingerprint density at radius 2 is 1.76 bits per heavy atom. The van der Waals surface area contributed by atoms with Crippen LogP contribution in [0, 0.1) is 11.3 Å². The fourth-order valence-electron chi connectivity index (χ4n) is 5.42. The number of piperidine rings is 1. The van der Waals surface area contributed by atoms with Gasteiger partial charge in [-0.2, -0.15) is 0 Å². The van der Waals surface area contributed by atoms with Gasteiger partial charge in [0.05, 0.1) is 5.41 Å². The zero-order chi connectivity index (χ0) is 23.2.